The first-order valence-corrected chi connectivity index (χ1v) is 7.66. The van der Waals surface area contributed by atoms with Crippen LogP contribution in [0.25, 0.3) is 0 Å². The molecule has 1 aromatic heterocycles. The van der Waals surface area contributed by atoms with E-state index >= 15 is 0 Å². The largest absolute Gasteiger partial charge is 0.381 e. The fourth-order valence-corrected chi connectivity index (χ4v) is 3.45. The summed E-state index contributed by atoms with van der Waals surface area (Å²) in [5.41, 5.74) is 7.58. The number of aromatic nitrogens is 2. The summed E-state index contributed by atoms with van der Waals surface area (Å²) >= 11 is 0. The number of nitrogens with two attached hydrogens (primary N) is 1. The maximum absolute atomic E-state index is 12.3. The third kappa shape index (κ3) is 2.83. The van der Waals surface area contributed by atoms with Crippen LogP contribution in [0.3, 0.4) is 0 Å². The topological polar surface area (TPSA) is 90.0 Å². The molecule has 3 N–H and O–H groups in total. The van der Waals surface area contributed by atoms with Gasteiger partial charge in [0.05, 0.1) is 0 Å². The summed E-state index contributed by atoms with van der Waals surface area (Å²) < 4.78 is 28.6. The Morgan fingerprint density at radius 1 is 1.35 bits per heavy atom. The van der Waals surface area contributed by atoms with Crippen LogP contribution in [-0.2, 0) is 17.1 Å². The zero-order valence-electron chi connectivity index (χ0n) is 11.7. The lowest BCUT2D eigenvalue weighted by Crippen LogP contribution is -2.27. The van der Waals surface area contributed by atoms with Crippen LogP contribution in [0.4, 0.5) is 5.82 Å². The first-order chi connectivity index (χ1) is 9.31. The van der Waals surface area contributed by atoms with Crippen molar-refractivity contribution in [3.63, 3.8) is 0 Å². The van der Waals surface area contributed by atoms with Gasteiger partial charge in [-0.1, -0.05) is 24.3 Å². The molecule has 1 unspecified atom stereocenters. The van der Waals surface area contributed by atoms with Crippen molar-refractivity contribution in [2.45, 2.75) is 24.8 Å². The third-order valence-electron chi connectivity index (χ3n) is 3.10. The van der Waals surface area contributed by atoms with Gasteiger partial charge in [-0.2, -0.15) is 5.10 Å². The molecule has 20 heavy (non-hydrogen) atoms. The second kappa shape index (κ2) is 5.26. The maximum atomic E-state index is 12.3. The fraction of sp³-hybridized carbons (Fsp3) is 0.308. The zero-order valence-corrected chi connectivity index (χ0v) is 12.5. The second-order valence-corrected chi connectivity index (χ2v) is 6.43. The van der Waals surface area contributed by atoms with E-state index < -0.39 is 10.0 Å². The average molecular weight is 294 g/mol. The summed E-state index contributed by atoms with van der Waals surface area (Å²) in [5, 5.41) is 3.85. The van der Waals surface area contributed by atoms with Crippen LogP contribution in [0.1, 0.15) is 24.1 Å². The van der Waals surface area contributed by atoms with Crippen molar-refractivity contribution in [1.29, 1.82) is 0 Å². The van der Waals surface area contributed by atoms with Gasteiger partial charge in [-0.25, -0.2) is 13.1 Å². The summed E-state index contributed by atoms with van der Waals surface area (Å²) in [6, 6.07) is 7.29. The van der Waals surface area contributed by atoms with Crippen LogP contribution in [-0.4, -0.2) is 18.2 Å². The molecular formula is C13H18N4O2S. The van der Waals surface area contributed by atoms with E-state index in [1.54, 1.807) is 14.0 Å². The molecule has 2 rings (SSSR count). The van der Waals surface area contributed by atoms with Crippen LogP contribution < -0.4 is 10.5 Å². The fourth-order valence-electron chi connectivity index (χ4n) is 2.12. The van der Waals surface area contributed by atoms with E-state index in [0.29, 0.717) is 0 Å². The van der Waals surface area contributed by atoms with E-state index in [1.807, 2.05) is 31.2 Å². The third-order valence-corrected chi connectivity index (χ3v) is 4.66. The molecule has 0 bridgehead atoms. The van der Waals surface area contributed by atoms with Gasteiger partial charge < -0.3 is 5.73 Å². The molecule has 1 aromatic carbocycles. The lowest BCUT2D eigenvalue weighted by Gasteiger charge is -2.16. The Kier molecular flexibility index (Phi) is 3.82. The number of sulfonamides is 1. The number of nitrogens with zero attached hydrogens (tertiary/aromatic N) is 2. The molecule has 7 heteroatoms. The number of nitrogen functional groups attached to an aromatic ring is 1. The first kappa shape index (κ1) is 14.5. The van der Waals surface area contributed by atoms with E-state index in [-0.39, 0.29) is 16.8 Å². The van der Waals surface area contributed by atoms with Gasteiger partial charge in [0.2, 0.25) is 10.0 Å². The average Bonchev–Trinajstić information content (AvgIpc) is 2.69. The number of benzene rings is 1. The van der Waals surface area contributed by atoms with Crippen LogP contribution in [0, 0.1) is 6.92 Å². The SMILES string of the molecule is Cc1ccccc1C(C)NS(=O)(=O)c1cn(C)nc1N. The highest BCUT2D eigenvalue weighted by atomic mass is 32.2. The van der Waals surface area contributed by atoms with Crippen molar-refractivity contribution in [2.24, 2.45) is 7.05 Å². The molecule has 0 aliphatic carbocycles. The normalized spacial score (nSPS) is 13.3. The molecule has 0 radical (unpaired) electrons. The number of rotatable bonds is 4. The number of nitrogens with one attached hydrogen (secondary N) is 1. The molecule has 0 aliphatic rings. The van der Waals surface area contributed by atoms with Crippen LogP contribution in [0.5, 0.6) is 0 Å². The van der Waals surface area contributed by atoms with E-state index in [2.05, 4.69) is 9.82 Å². The summed E-state index contributed by atoms with van der Waals surface area (Å²) in [4.78, 5) is 0.000402. The van der Waals surface area contributed by atoms with Crippen molar-refractivity contribution >= 4 is 15.8 Å². The lowest BCUT2D eigenvalue weighted by molar-refractivity contribution is 0.566. The van der Waals surface area contributed by atoms with Crippen LogP contribution in [0.2, 0.25) is 0 Å². The Morgan fingerprint density at radius 3 is 2.55 bits per heavy atom. The molecule has 0 fully saturated rings. The molecule has 0 saturated carbocycles. The minimum absolute atomic E-state index is 0.000402. The second-order valence-electron chi connectivity index (χ2n) is 4.75. The van der Waals surface area contributed by atoms with Crippen molar-refractivity contribution < 1.29 is 8.42 Å². The van der Waals surface area contributed by atoms with Gasteiger partial charge in [-0.05, 0) is 25.0 Å². The highest BCUT2D eigenvalue weighted by Gasteiger charge is 2.23. The van der Waals surface area contributed by atoms with E-state index in [1.165, 1.54) is 10.9 Å². The van der Waals surface area contributed by atoms with Gasteiger partial charge in [0.1, 0.15) is 4.90 Å². The molecule has 0 spiro atoms. The van der Waals surface area contributed by atoms with Gasteiger partial charge in [-0.15, -0.1) is 0 Å². The highest BCUT2D eigenvalue weighted by molar-refractivity contribution is 7.89. The highest BCUT2D eigenvalue weighted by Crippen LogP contribution is 2.21. The van der Waals surface area contributed by atoms with Crippen molar-refractivity contribution in [3.8, 4) is 0 Å². The Hall–Kier alpha value is -1.86. The van der Waals surface area contributed by atoms with Crippen molar-refractivity contribution in [3.05, 3.63) is 41.6 Å². The number of anilines is 1. The van der Waals surface area contributed by atoms with Gasteiger partial charge >= 0.3 is 0 Å². The molecule has 1 heterocycles. The maximum Gasteiger partial charge on any atom is 0.246 e. The summed E-state index contributed by atoms with van der Waals surface area (Å²) in [5.74, 6) is -0.00279. The van der Waals surface area contributed by atoms with Crippen LogP contribution in [0.15, 0.2) is 35.4 Å². The summed E-state index contributed by atoms with van der Waals surface area (Å²) in [6.07, 6.45) is 1.39. The van der Waals surface area contributed by atoms with Gasteiger partial charge in [0, 0.05) is 19.3 Å². The molecule has 108 valence electrons. The van der Waals surface area contributed by atoms with Crippen molar-refractivity contribution in [2.75, 3.05) is 5.73 Å². The van der Waals surface area contributed by atoms with Gasteiger partial charge in [0.15, 0.2) is 5.82 Å². The van der Waals surface area contributed by atoms with Crippen LogP contribution >= 0.6 is 0 Å². The van der Waals surface area contributed by atoms with Crippen molar-refractivity contribution in [1.82, 2.24) is 14.5 Å². The smallest absolute Gasteiger partial charge is 0.246 e. The Balaban J connectivity index is 2.29. The lowest BCUT2D eigenvalue weighted by atomic mass is 10.0. The quantitative estimate of drug-likeness (QED) is 0.890. The zero-order chi connectivity index (χ0) is 14.9. The Labute approximate surface area is 118 Å². The molecular weight excluding hydrogens is 276 g/mol. The number of hydrogen-bond acceptors (Lipinski definition) is 4. The monoisotopic (exact) mass is 294 g/mol. The molecule has 2 aromatic rings. The van der Waals surface area contributed by atoms with E-state index in [0.717, 1.165) is 11.1 Å². The summed E-state index contributed by atoms with van der Waals surface area (Å²) in [6.45, 7) is 3.74. The summed E-state index contributed by atoms with van der Waals surface area (Å²) in [7, 11) is -2.07. The Bertz CT molecular complexity index is 722. The first-order valence-electron chi connectivity index (χ1n) is 6.18. The Morgan fingerprint density at radius 2 is 2.00 bits per heavy atom. The molecule has 6 nitrogen and oxygen atoms in total. The molecule has 1 atom stereocenters. The molecule has 0 saturated heterocycles. The minimum Gasteiger partial charge on any atom is -0.381 e. The molecule has 0 amide bonds. The van der Waals surface area contributed by atoms with E-state index in [9.17, 15) is 8.42 Å². The minimum atomic E-state index is -3.69. The number of aryl methyl sites for hydroxylation is 2. The predicted octanol–water partition coefficient (Wildman–Crippen LogP) is 1.35. The number of hydrogen-bond donors (Lipinski definition) is 2. The van der Waals surface area contributed by atoms with Gasteiger partial charge in [-0.3, -0.25) is 4.68 Å². The molecule has 0 aliphatic heterocycles. The standard InChI is InChI=1S/C13H18N4O2S/c1-9-6-4-5-7-11(9)10(2)16-20(18,19)12-8-17(3)15-13(12)14/h4-8,10,16H,1-3H3,(H2,14,15). The van der Waals surface area contributed by atoms with E-state index in [4.69, 9.17) is 5.73 Å². The predicted molar refractivity (Wildman–Crippen MR) is 77.5 cm³/mol. The van der Waals surface area contributed by atoms with Gasteiger partial charge in [0.25, 0.3) is 0 Å².